The lowest BCUT2D eigenvalue weighted by Crippen LogP contribution is -2.35. The second-order valence-electron chi connectivity index (χ2n) is 10.8. The molecule has 1 N–H and O–H groups in total. The highest BCUT2D eigenvalue weighted by molar-refractivity contribution is 5.53. The van der Waals surface area contributed by atoms with E-state index in [0.29, 0.717) is 23.6 Å². The number of likely N-dealkylation sites (tertiary alicyclic amines) is 1. The summed E-state index contributed by atoms with van der Waals surface area (Å²) in [5, 5.41) is 11.4. The lowest BCUT2D eigenvalue weighted by atomic mass is 10.00. The van der Waals surface area contributed by atoms with Crippen molar-refractivity contribution in [2.24, 2.45) is 23.7 Å². The van der Waals surface area contributed by atoms with Gasteiger partial charge in [-0.15, -0.1) is 10.2 Å². The molecule has 4 fully saturated rings. The van der Waals surface area contributed by atoms with Crippen LogP contribution in [-0.4, -0.2) is 67.1 Å². The number of hydrogen-bond acceptors (Lipinski definition) is 6. The Labute approximate surface area is 194 Å². The van der Waals surface area contributed by atoms with Gasteiger partial charge in [0, 0.05) is 52.0 Å². The fourth-order valence-corrected chi connectivity index (χ4v) is 6.41. The summed E-state index contributed by atoms with van der Waals surface area (Å²) in [5.74, 6) is 2.51. The van der Waals surface area contributed by atoms with Gasteiger partial charge in [0.05, 0.1) is 0 Å². The van der Waals surface area contributed by atoms with Crippen molar-refractivity contribution >= 4 is 11.6 Å². The molecule has 3 saturated heterocycles. The molecule has 0 aromatic carbocycles. The summed E-state index contributed by atoms with van der Waals surface area (Å²) >= 11 is 0. The van der Waals surface area contributed by atoms with Crippen molar-refractivity contribution in [1.29, 1.82) is 0 Å². The van der Waals surface area contributed by atoms with Crippen LogP contribution in [-0.2, 0) is 10.9 Å². The largest absolute Gasteiger partial charge is 0.420 e. The molecule has 1 aromatic heterocycles. The SMILES string of the molecule is C[C@@H]1CCCN(c2cc(C(F)(F)F)c(N[C@H]3C[C@@H]4CN(CC5CCOCC5)C[C@@H]4C3)nn2)C1. The van der Waals surface area contributed by atoms with E-state index in [9.17, 15) is 13.2 Å². The van der Waals surface area contributed by atoms with Gasteiger partial charge in [0.25, 0.3) is 0 Å². The molecule has 1 aliphatic carbocycles. The van der Waals surface area contributed by atoms with Gasteiger partial charge in [-0.2, -0.15) is 13.2 Å². The van der Waals surface area contributed by atoms with Crippen LogP contribution in [0.5, 0.6) is 0 Å². The number of nitrogens with zero attached hydrogens (tertiary/aromatic N) is 4. The fraction of sp³-hybridized carbons (Fsp3) is 0.833. The second kappa shape index (κ2) is 9.56. The number of alkyl halides is 3. The molecule has 0 bridgehead atoms. The number of halogens is 3. The van der Waals surface area contributed by atoms with E-state index in [1.165, 1.54) is 6.07 Å². The Morgan fingerprint density at radius 1 is 1.06 bits per heavy atom. The first kappa shape index (κ1) is 23.1. The Morgan fingerprint density at radius 2 is 1.79 bits per heavy atom. The van der Waals surface area contributed by atoms with E-state index < -0.39 is 11.7 Å². The number of piperidine rings is 1. The smallest absolute Gasteiger partial charge is 0.381 e. The van der Waals surface area contributed by atoms with Crippen LogP contribution in [0.15, 0.2) is 6.07 Å². The quantitative estimate of drug-likeness (QED) is 0.698. The minimum Gasteiger partial charge on any atom is -0.381 e. The summed E-state index contributed by atoms with van der Waals surface area (Å²) in [5.41, 5.74) is -0.691. The Morgan fingerprint density at radius 3 is 2.45 bits per heavy atom. The molecule has 5 rings (SSSR count). The maximum atomic E-state index is 13.9. The van der Waals surface area contributed by atoms with Gasteiger partial charge in [-0.1, -0.05) is 6.92 Å². The molecule has 33 heavy (non-hydrogen) atoms. The third kappa shape index (κ3) is 5.39. The van der Waals surface area contributed by atoms with Crippen LogP contribution in [0, 0.1) is 23.7 Å². The first-order chi connectivity index (χ1) is 15.8. The predicted octanol–water partition coefficient (Wildman–Crippen LogP) is 4.28. The van der Waals surface area contributed by atoms with Crippen molar-refractivity contribution in [3.05, 3.63) is 11.6 Å². The summed E-state index contributed by atoms with van der Waals surface area (Å²) in [4.78, 5) is 4.50. The normalized spacial score (nSPS) is 31.7. The van der Waals surface area contributed by atoms with Gasteiger partial charge in [-0.3, -0.25) is 0 Å². The summed E-state index contributed by atoms with van der Waals surface area (Å²) in [7, 11) is 0. The molecule has 1 saturated carbocycles. The Bertz CT molecular complexity index is 802. The molecule has 4 atom stereocenters. The van der Waals surface area contributed by atoms with Gasteiger partial charge in [0.1, 0.15) is 5.56 Å². The number of anilines is 2. The van der Waals surface area contributed by atoms with Crippen molar-refractivity contribution in [2.75, 3.05) is 56.2 Å². The second-order valence-corrected chi connectivity index (χ2v) is 10.8. The van der Waals surface area contributed by atoms with E-state index in [-0.39, 0.29) is 11.9 Å². The van der Waals surface area contributed by atoms with Crippen LogP contribution < -0.4 is 10.2 Å². The Hall–Kier alpha value is -1.61. The molecule has 1 aromatic rings. The highest BCUT2D eigenvalue weighted by atomic mass is 19.4. The molecule has 0 unspecified atom stereocenters. The number of rotatable bonds is 5. The van der Waals surface area contributed by atoms with Crippen molar-refractivity contribution in [3.8, 4) is 0 Å². The van der Waals surface area contributed by atoms with E-state index in [2.05, 4.69) is 27.3 Å². The van der Waals surface area contributed by atoms with Crippen LogP contribution >= 0.6 is 0 Å². The van der Waals surface area contributed by atoms with Crippen LogP contribution in [0.3, 0.4) is 0 Å². The summed E-state index contributed by atoms with van der Waals surface area (Å²) in [6.45, 7) is 8.59. The highest BCUT2D eigenvalue weighted by Crippen LogP contribution is 2.42. The maximum absolute atomic E-state index is 13.9. The number of aromatic nitrogens is 2. The van der Waals surface area contributed by atoms with Gasteiger partial charge in [0.2, 0.25) is 0 Å². The molecular formula is C24H36F3N5O. The third-order valence-corrected chi connectivity index (χ3v) is 8.09. The maximum Gasteiger partial charge on any atom is 0.420 e. The lowest BCUT2D eigenvalue weighted by Gasteiger charge is -2.32. The average molecular weight is 468 g/mol. The molecule has 184 valence electrons. The minimum atomic E-state index is -4.45. The van der Waals surface area contributed by atoms with Crippen molar-refractivity contribution < 1.29 is 17.9 Å². The minimum absolute atomic E-state index is 0.0292. The zero-order valence-electron chi connectivity index (χ0n) is 19.5. The number of fused-ring (bicyclic) bond motifs is 1. The van der Waals surface area contributed by atoms with Crippen LogP contribution in [0.1, 0.15) is 51.0 Å². The van der Waals surface area contributed by atoms with Crippen LogP contribution in [0.2, 0.25) is 0 Å². The average Bonchev–Trinajstić information content (AvgIpc) is 3.32. The van der Waals surface area contributed by atoms with Crippen LogP contribution in [0.4, 0.5) is 24.8 Å². The number of ether oxygens (including phenoxy) is 1. The third-order valence-electron chi connectivity index (χ3n) is 8.09. The van der Waals surface area contributed by atoms with Crippen molar-refractivity contribution in [3.63, 3.8) is 0 Å². The van der Waals surface area contributed by atoms with Gasteiger partial charge in [-0.25, -0.2) is 0 Å². The highest BCUT2D eigenvalue weighted by Gasteiger charge is 2.43. The first-order valence-corrected chi connectivity index (χ1v) is 12.6. The first-order valence-electron chi connectivity index (χ1n) is 12.6. The van der Waals surface area contributed by atoms with E-state index in [4.69, 9.17) is 4.74 Å². The van der Waals surface area contributed by atoms with E-state index in [1.54, 1.807) is 0 Å². The number of hydrogen-bond donors (Lipinski definition) is 1. The van der Waals surface area contributed by atoms with Gasteiger partial charge >= 0.3 is 6.18 Å². The molecule has 3 aliphatic heterocycles. The molecule has 4 heterocycles. The molecular weight excluding hydrogens is 431 g/mol. The van der Waals surface area contributed by atoms with E-state index in [1.807, 2.05) is 4.90 Å². The zero-order chi connectivity index (χ0) is 23.0. The molecule has 0 amide bonds. The van der Waals surface area contributed by atoms with E-state index >= 15 is 0 Å². The predicted molar refractivity (Wildman–Crippen MR) is 121 cm³/mol. The molecule has 0 spiro atoms. The Kier molecular flexibility index (Phi) is 6.71. The van der Waals surface area contributed by atoms with Gasteiger partial charge < -0.3 is 19.9 Å². The molecule has 4 aliphatic rings. The fourth-order valence-electron chi connectivity index (χ4n) is 6.41. The summed E-state index contributed by atoms with van der Waals surface area (Å²) in [6.07, 6.45) is 1.71. The van der Waals surface area contributed by atoms with Gasteiger partial charge in [0.15, 0.2) is 11.6 Å². The van der Waals surface area contributed by atoms with Gasteiger partial charge in [-0.05, 0) is 68.3 Å². The van der Waals surface area contributed by atoms with Crippen LogP contribution in [0.25, 0.3) is 0 Å². The Balaban J connectivity index is 1.21. The summed E-state index contributed by atoms with van der Waals surface area (Å²) < 4.78 is 47.2. The summed E-state index contributed by atoms with van der Waals surface area (Å²) in [6, 6.07) is 1.22. The zero-order valence-corrected chi connectivity index (χ0v) is 19.5. The lowest BCUT2D eigenvalue weighted by molar-refractivity contribution is -0.137. The molecule has 6 nitrogen and oxygen atoms in total. The topological polar surface area (TPSA) is 53.5 Å². The van der Waals surface area contributed by atoms with Crippen molar-refractivity contribution in [2.45, 2.75) is 57.7 Å². The standard InChI is InChI=1S/C24H36F3N5O/c1-16-3-2-6-32(12-16)22-11-21(24(25,26)27)23(30-29-22)28-20-9-18-14-31(15-19(18)10-20)13-17-4-7-33-8-5-17/h11,16-20H,2-10,12-15H2,1H3,(H,28,30)/t16-,18-,19+,20+/m1/s1. The monoisotopic (exact) mass is 467 g/mol. The number of nitrogens with one attached hydrogen (secondary N) is 1. The van der Waals surface area contributed by atoms with Crippen molar-refractivity contribution in [1.82, 2.24) is 15.1 Å². The van der Waals surface area contributed by atoms with E-state index in [0.717, 1.165) is 90.4 Å². The molecule has 0 radical (unpaired) electrons. The molecule has 9 heteroatoms.